The van der Waals surface area contributed by atoms with E-state index in [-0.39, 0.29) is 0 Å². The van der Waals surface area contributed by atoms with Gasteiger partial charge in [0.15, 0.2) is 5.13 Å². The second-order valence-electron chi connectivity index (χ2n) is 3.93. The molecule has 4 nitrogen and oxygen atoms in total. The number of anilines is 1. The summed E-state index contributed by atoms with van der Waals surface area (Å²) in [6.07, 6.45) is 0.811. The highest BCUT2D eigenvalue weighted by Gasteiger charge is 2.15. The predicted octanol–water partition coefficient (Wildman–Crippen LogP) is 2.36. The molecule has 2 aromatic heterocycles. The lowest BCUT2D eigenvalue weighted by Crippen LogP contribution is -2.00. The van der Waals surface area contributed by atoms with Crippen molar-refractivity contribution in [3.63, 3.8) is 0 Å². The minimum absolute atomic E-state index is 0.449. The van der Waals surface area contributed by atoms with E-state index in [0.717, 1.165) is 10.9 Å². The van der Waals surface area contributed by atoms with Gasteiger partial charge in [0.25, 0.3) is 0 Å². The fourth-order valence-corrected chi connectivity index (χ4v) is 2.49. The smallest absolute Gasteiger partial charge is 0.180 e. The van der Waals surface area contributed by atoms with E-state index in [1.807, 2.05) is 36.4 Å². The first-order valence-corrected chi connectivity index (χ1v) is 6.30. The Hall–Kier alpha value is -1.98. The van der Waals surface area contributed by atoms with Gasteiger partial charge in [-0.2, -0.15) is 0 Å². The number of hydrogen-bond acceptors (Lipinski definition) is 5. The van der Waals surface area contributed by atoms with E-state index in [1.54, 1.807) is 6.20 Å². The van der Waals surface area contributed by atoms with Gasteiger partial charge in [0.2, 0.25) is 0 Å². The van der Waals surface area contributed by atoms with Crippen LogP contribution in [0.15, 0.2) is 42.6 Å². The Bertz CT molecular complexity index is 695. The van der Waals surface area contributed by atoms with E-state index < -0.39 is 6.10 Å². The lowest BCUT2D eigenvalue weighted by atomic mass is 10.1. The van der Waals surface area contributed by atoms with Gasteiger partial charge in [-0.25, -0.2) is 9.97 Å². The maximum atomic E-state index is 10.2. The summed E-state index contributed by atoms with van der Waals surface area (Å²) in [6, 6.07) is 11.6. The summed E-state index contributed by atoms with van der Waals surface area (Å²) in [5.74, 6) is 0. The summed E-state index contributed by atoms with van der Waals surface area (Å²) < 4.78 is 0. The van der Waals surface area contributed by atoms with E-state index in [2.05, 4.69) is 9.97 Å². The van der Waals surface area contributed by atoms with Crippen molar-refractivity contribution in [1.82, 2.24) is 9.97 Å². The largest absolute Gasteiger partial charge is 0.381 e. The van der Waals surface area contributed by atoms with Crippen molar-refractivity contribution in [2.45, 2.75) is 6.10 Å². The molecule has 0 aliphatic carbocycles. The Morgan fingerprint density at radius 3 is 2.78 bits per heavy atom. The van der Waals surface area contributed by atoms with Crippen molar-refractivity contribution in [2.75, 3.05) is 5.73 Å². The van der Waals surface area contributed by atoms with Crippen molar-refractivity contribution >= 4 is 27.4 Å². The van der Waals surface area contributed by atoms with Crippen LogP contribution in [0.25, 0.3) is 10.9 Å². The first-order chi connectivity index (χ1) is 8.74. The Kier molecular flexibility index (Phi) is 2.70. The van der Waals surface area contributed by atoms with E-state index in [9.17, 15) is 5.11 Å². The van der Waals surface area contributed by atoms with Crippen molar-refractivity contribution in [1.29, 1.82) is 0 Å². The van der Waals surface area contributed by atoms with Gasteiger partial charge >= 0.3 is 0 Å². The van der Waals surface area contributed by atoms with Crippen LogP contribution in [0.3, 0.4) is 0 Å². The molecule has 1 unspecified atom stereocenters. The topological polar surface area (TPSA) is 72.0 Å². The van der Waals surface area contributed by atoms with Crippen LogP contribution >= 0.6 is 11.3 Å². The molecule has 0 bridgehead atoms. The second kappa shape index (κ2) is 4.36. The van der Waals surface area contributed by atoms with E-state index in [1.165, 1.54) is 11.3 Å². The van der Waals surface area contributed by atoms with Crippen molar-refractivity contribution in [3.05, 3.63) is 53.2 Å². The molecule has 90 valence electrons. The number of hydrogen-bond donors (Lipinski definition) is 2. The molecule has 1 atom stereocenters. The van der Waals surface area contributed by atoms with Crippen molar-refractivity contribution in [3.8, 4) is 0 Å². The molecule has 3 aromatic rings. The van der Waals surface area contributed by atoms with E-state index in [4.69, 9.17) is 5.73 Å². The number of fused-ring (bicyclic) bond motifs is 1. The zero-order valence-electron chi connectivity index (χ0n) is 9.45. The van der Waals surface area contributed by atoms with Gasteiger partial charge in [-0.3, -0.25) is 0 Å². The van der Waals surface area contributed by atoms with E-state index >= 15 is 0 Å². The Labute approximate surface area is 108 Å². The van der Waals surface area contributed by atoms with Gasteiger partial charge in [0, 0.05) is 11.6 Å². The Balaban J connectivity index is 2.03. The monoisotopic (exact) mass is 257 g/mol. The summed E-state index contributed by atoms with van der Waals surface area (Å²) in [7, 11) is 0. The maximum Gasteiger partial charge on any atom is 0.180 e. The lowest BCUT2D eigenvalue weighted by Gasteiger charge is -2.08. The lowest BCUT2D eigenvalue weighted by molar-refractivity contribution is 0.219. The number of rotatable bonds is 2. The average molecular weight is 257 g/mol. The standard InChI is InChI=1S/C13H11N3OS/c14-13-15-7-11(18-13)12(17)10-6-5-8-3-1-2-4-9(8)16-10/h1-7,12,17H,(H2,14,15). The zero-order valence-corrected chi connectivity index (χ0v) is 10.3. The van der Waals surface area contributed by atoms with Gasteiger partial charge in [0.1, 0.15) is 6.10 Å². The molecule has 0 spiro atoms. The minimum Gasteiger partial charge on any atom is -0.381 e. The van der Waals surface area contributed by atoms with Crippen molar-refractivity contribution in [2.24, 2.45) is 0 Å². The quantitative estimate of drug-likeness (QED) is 0.739. The highest BCUT2D eigenvalue weighted by atomic mass is 32.1. The predicted molar refractivity (Wildman–Crippen MR) is 72.3 cm³/mol. The molecule has 3 N–H and O–H groups in total. The van der Waals surface area contributed by atoms with Crippen LogP contribution in [0.1, 0.15) is 16.7 Å². The number of aromatic nitrogens is 2. The number of nitrogen functional groups attached to an aromatic ring is 1. The minimum atomic E-state index is -0.774. The SMILES string of the molecule is Nc1ncc(C(O)c2ccc3ccccc3n2)s1. The fraction of sp³-hybridized carbons (Fsp3) is 0.0769. The van der Waals surface area contributed by atoms with Gasteiger partial charge in [-0.1, -0.05) is 35.6 Å². The molecule has 1 aromatic carbocycles. The number of thiazole rings is 1. The summed E-state index contributed by atoms with van der Waals surface area (Å²) >= 11 is 1.27. The van der Waals surface area contributed by atoms with Crippen LogP contribution in [0.5, 0.6) is 0 Å². The fourth-order valence-electron chi connectivity index (χ4n) is 1.81. The van der Waals surface area contributed by atoms with Gasteiger partial charge < -0.3 is 10.8 Å². The molecule has 0 aliphatic rings. The first kappa shape index (κ1) is 11.1. The highest BCUT2D eigenvalue weighted by molar-refractivity contribution is 7.15. The van der Waals surface area contributed by atoms with Gasteiger partial charge in [-0.15, -0.1) is 0 Å². The molecule has 5 heteroatoms. The third kappa shape index (κ3) is 1.94. The number of pyridine rings is 1. The molecule has 18 heavy (non-hydrogen) atoms. The molecule has 0 radical (unpaired) electrons. The second-order valence-corrected chi connectivity index (χ2v) is 5.03. The summed E-state index contributed by atoms with van der Waals surface area (Å²) in [5.41, 5.74) is 7.04. The Morgan fingerprint density at radius 2 is 2.00 bits per heavy atom. The number of aliphatic hydroxyl groups is 1. The number of nitrogens with zero attached hydrogens (tertiary/aromatic N) is 2. The number of para-hydroxylation sites is 1. The molecular weight excluding hydrogens is 246 g/mol. The van der Waals surface area contributed by atoms with Crippen LogP contribution in [0.2, 0.25) is 0 Å². The molecule has 3 rings (SSSR count). The molecule has 2 heterocycles. The molecule has 0 aliphatic heterocycles. The van der Waals surface area contributed by atoms with Gasteiger partial charge in [0.05, 0.1) is 16.1 Å². The normalized spacial score (nSPS) is 12.7. The maximum absolute atomic E-state index is 10.2. The molecule has 0 saturated heterocycles. The van der Waals surface area contributed by atoms with Crippen molar-refractivity contribution < 1.29 is 5.11 Å². The molecule has 0 fully saturated rings. The average Bonchev–Trinajstić information content (AvgIpc) is 2.84. The summed E-state index contributed by atoms with van der Waals surface area (Å²) in [4.78, 5) is 9.09. The first-order valence-electron chi connectivity index (χ1n) is 5.49. The number of aliphatic hydroxyl groups excluding tert-OH is 1. The molecule has 0 saturated carbocycles. The van der Waals surface area contributed by atoms with Crippen LogP contribution in [-0.2, 0) is 0 Å². The molecule has 0 amide bonds. The number of nitrogens with two attached hydrogens (primary N) is 1. The van der Waals surface area contributed by atoms with Crippen LogP contribution in [0, 0.1) is 0 Å². The highest BCUT2D eigenvalue weighted by Crippen LogP contribution is 2.27. The van der Waals surface area contributed by atoms with E-state index in [0.29, 0.717) is 15.7 Å². The van der Waals surface area contributed by atoms with Crippen LogP contribution < -0.4 is 5.73 Å². The zero-order chi connectivity index (χ0) is 12.5. The summed E-state index contributed by atoms with van der Waals surface area (Å²) in [5, 5.41) is 11.7. The van der Waals surface area contributed by atoms with Crippen LogP contribution in [0.4, 0.5) is 5.13 Å². The Morgan fingerprint density at radius 1 is 1.17 bits per heavy atom. The third-order valence-electron chi connectivity index (χ3n) is 2.71. The van der Waals surface area contributed by atoms with Crippen LogP contribution in [-0.4, -0.2) is 15.1 Å². The molecular formula is C13H11N3OS. The third-order valence-corrected chi connectivity index (χ3v) is 3.59. The summed E-state index contributed by atoms with van der Waals surface area (Å²) in [6.45, 7) is 0. The number of benzene rings is 1. The van der Waals surface area contributed by atoms with Gasteiger partial charge in [-0.05, 0) is 12.1 Å².